The summed E-state index contributed by atoms with van der Waals surface area (Å²) >= 11 is 0. The molecule has 43 heavy (non-hydrogen) atoms. The van der Waals surface area contributed by atoms with E-state index in [1.54, 1.807) is 23.8 Å². The molecule has 7 atom stereocenters. The second kappa shape index (κ2) is 16.9. The monoisotopic (exact) mass is 611 g/mol. The topological polar surface area (TPSA) is 156 Å². The van der Waals surface area contributed by atoms with Gasteiger partial charge in [-0.3, -0.25) is 24.0 Å². The number of carbonyl (C=O) groups excluding carboxylic acids is 5. The SMILES string of the molecule is CC[C@H](C)[C@@H]([C@@H](CC(=O)N1CCC[C@H]1[C@H](OC)[C@@H](C)C(=O)NCC(=O)OC)OC)N(C)C(=O)CNC(=O)[C@]1(C)CCCN1. The smallest absolute Gasteiger partial charge is 0.325 e. The molecule has 4 amide bonds. The zero-order chi connectivity index (χ0) is 32.3. The number of nitrogens with zero attached hydrogens (tertiary/aromatic N) is 2. The molecule has 0 radical (unpaired) electrons. The highest BCUT2D eigenvalue weighted by Gasteiger charge is 2.42. The minimum absolute atomic E-state index is 0.0102. The van der Waals surface area contributed by atoms with Crippen LogP contribution < -0.4 is 16.0 Å². The van der Waals surface area contributed by atoms with Crippen molar-refractivity contribution >= 4 is 29.6 Å². The van der Waals surface area contributed by atoms with E-state index in [0.717, 1.165) is 25.8 Å². The van der Waals surface area contributed by atoms with E-state index < -0.39 is 35.7 Å². The van der Waals surface area contributed by atoms with Gasteiger partial charge >= 0.3 is 5.97 Å². The first-order valence-electron chi connectivity index (χ1n) is 15.3. The lowest BCUT2D eigenvalue weighted by atomic mass is 9.90. The van der Waals surface area contributed by atoms with Crippen molar-refractivity contribution in [3.05, 3.63) is 0 Å². The predicted octanol–water partition coefficient (Wildman–Crippen LogP) is 0.454. The molecule has 0 aliphatic carbocycles. The summed E-state index contributed by atoms with van der Waals surface area (Å²) < 4.78 is 16.2. The van der Waals surface area contributed by atoms with E-state index in [4.69, 9.17) is 9.47 Å². The van der Waals surface area contributed by atoms with Crippen molar-refractivity contribution in [2.75, 3.05) is 54.6 Å². The van der Waals surface area contributed by atoms with Crippen molar-refractivity contribution in [1.29, 1.82) is 0 Å². The van der Waals surface area contributed by atoms with Crippen LogP contribution in [0.5, 0.6) is 0 Å². The van der Waals surface area contributed by atoms with Crippen LogP contribution in [-0.4, -0.2) is 124 Å². The lowest BCUT2D eigenvalue weighted by Gasteiger charge is -2.39. The third kappa shape index (κ3) is 9.36. The number of amides is 4. The van der Waals surface area contributed by atoms with Gasteiger partial charge in [0.25, 0.3) is 0 Å². The summed E-state index contributed by atoms with van der Waals surface area (Å²) in [4.78, 5) is 67.3. The lowest BCUT2D eigenvalue weighted by molar-refractivity contribution is -0.146. The second-order valence-electron chi connectivity index (χ2n) is 12.0. The van der Waals surface area contributed by atoms with Gasteiger partial charge < -0.3 is 40.0 Å². The standard InChI is InChI=1S/C30H53N5O8/c1-9-19(2)26(34(5)24(37)17-32-29(40)30(4)13-11-14-33-30)22(41-6)16-23(36)35-15-10-12-21(35)27(43-8)20(3)28(39)31-18-25(38)42-7/h19-22,26-27,33H,9-18H2,1-8H3,(H,31,39)(H,32,40)/t19-,20+,21-,22+,26-,27+,30-/m0/s1. The molecule has 0 aromatic heterocycles. The van der Waals surface area contributed by atoms with Crippen LogP contribution in [0.3, 0.4) is 0 Å². The van der Waals surface area contributed by atoms with Crippen molar-refractivity contribution in [2.45, 2.75) is 96.1 Å². The summed E-state index contributed by atoms with van der Waals surface area (Å²) in [5.74, 6) is -2.16. The second-order valence-corrected chi connectivity index (χ2v) is 12.0. The van der Waals surface area contributed by atoms with Crippen molar-refractivity contribution in [3.63, 3.8) is 0 Å². The molecule has 0 unspecified atom stereocenters. The molecule has 0 aromatic carbocycles. The third-order valence-corrected chi connectivity index (χ3v) is 9.21. The van der Waals surface area contributed by atoms with E-state index in [9.17, 15) is 24.0 Å². The Morgan fingerprint density at radius 2 is 1.74 bits per heavy atom. The zero-order valence-corrected chi connectivity index (χ0v) is 27.2. The Balaban J connectivity index is 2.12. The molecular weight excluding hydrogens is 558 g/mol. The van der Waals surface area contributed by atoms with Crippen molar-refractivity contribution in [1.82, 2.24) is 25.8 Å². The molecule has 0 saturated carbocycles. The van der Waals surface area contributed by atoms with Gasteiger partial charge in [0.1, 0.15) is 6.54 Å². The lowest BCUT2D eigenvalue weighted by Crippen LogP contribution is -2.56. The Kier molecular flexibility index (Phi) is 14.3. The number of hydrogen-bond acceptors (Lipinski definition) is 9. The molecule has 2 saturated heterocycles. The summed E-state index contributed by atoms with van der Waals surface area (Å²) in [6, 6.07) is -0.748. The Bertz CT molecular complexity index is 972. The number of carbonyl (C=O) groups is 5. The van der Waals surface area contributed by atoms with E-state index in [2.05, 4.69) is 20.7 Å². The maximum atomic E-state index is 13.8. The average Bonchev–Trinajstić information content (AvgIpc) is 3.68. The Hall–Kier alpha value is -2.77. The molecule has 2 rings (SSSR count). The molecule has 3 N–H and O–H groups in total. The molecule has 2 fully saturated rings. The number of likely N-dealkylation sites (N-methyl/N-ethyl adjacent to an activating group) is 1. The summed E-state index contributed by atoms with van der Waals surface area (Å²) in [5.41, 5.74) is -0.678. The van der Waals surface area contributed by atoms with Crippen molar-refractivity contribution < 1.29 is 38.2 Å². The van der Waals surface area contributed by atoms with Gasteiger partial charge in [-0.2, -0.15) is 0 Å². The number of esters is 1. The van der Waals surface area contributed by atoms with Crippen LogP contribution in [0.15, 0.2) is 0 Å². The number of rotatable bonds is 16. The molecule has 2 aliphatic rings. The number of hydrogen-bond donors (Lipinski definition) is 3. The van der Waals surface area contributed by atoms with Crippen LogP contribution >= 0.6 is 0 Å². The number of nitrogens with one attached hydrogen (secondary N) is 3. The molecule has 13 heteroatoms. The quantitative estimate of drug-likeness (QED) is 0.211. The molecule has 0 aromatic rings. The van der Waals surface area contributed by atoms with Gasteiger partial charge in [-0.25, -0.2) is 0 Å². The Morgan fingerprint density at radius 3 is 2.30 bits per heavy atom. The number of likely N-dealkylation sites (tertiary alicyclic amines) is 1. The summed E-state index contributed by atoms with van der Waals surface area (Å²) in [7, 11) is 5.98. The Labute approximate surface area is 256 Å². The molecule has 0 bridgehead atoms. The highest BCUT2D eigenvalue weighted by molar-refractivity contribution is 5.90. The van der Waals surface area contributed by atoms with Crippen LogP contribution in [0.2, 0.25) is 0 Å². The van der Waals surface area contributed by atoms with E-state index in [1.807, 2.05) is 20.8 Å². The highest BCUT2D eigenvalue weighted by atomic mass is 16.5. The molecular formula is C30H53N5O8. The normalized spacial score (nSPS) is 23.5. The van der Waals surface area contributed by atoms with Crippen LogP contribution in [0, 0.1) is 11.8 Å². The first kappa shape index (κ1) is 36.4. The molecule has 246 valence electrons. The van der Waals surface area contributed by atoms with E-state index in [1.165, 1.54) is 21.3 Å². The largest absolute Gasteiger partial charge is 0.468 e. The van der Waals surface area contributed by atoms with E-state index in [0.29, 0.717) is 19.4 Å². The average molecular weight is 612 g/mol. The number of methoxy groups -OCH3 is 3. The molecule has 13 nitrogen and oxygen atoms in total. The minimum Gasteiger partial charge on any atom is -0.468 e. The molecule has 2 heterocycles. The predicted molar refractivity (Wildman–Crippen MR) is 160 cm³/mol. The van der Waals surface area contributed by atoms with Gasteiger partial charge in [0.05, 0.1) is 55.8 Å². The van der Waals surface area contributed by atoms with Crippen LogP contribution in [-0.2, 0) is 38.2 Å². The van der Waals surface area contributed by atoms with Crippen LogP contribution in [0.4, 0.5) is 0 Å². The number of ether oxygens (including phenoxy) is 3. The first-order valence-corrected chi connectivity index (χ1v) is 15.3. The van der Waals surface area contributed by atoms with Crippen LogP contribution in [0.25, 0.3) is 0 Å². The van der Waals surface area contributed by atoms with Crippen molar-refractivity contribution in [2.24, 2.45) is 11.8 Å². The van der Waals surface area contributed by atoms with Gasteiger partial charge in [-0.15, -0.1) is 0 Å². The fourth-order valence-electron chi connectivity index (χ4n) is 6.28. The van der Waals surface area contributed by atoms with Gasteiger partial charge in [0.2, 0.25) is 23.6 Å². The fourth-order valence-corrected chi connectivity index (χ4v) is 6.28. The van der Waals surface area contributed by atoms with Crippen molar-refractivity contribution in [3.8, 4) is 0 Å². The molecule has 0 spiro atoms. The molecule has 2 aliphatic heterocycles. The maximum absolute atomic E-state index is 13.8. The summed E-state index contributed by atoms with van der Waals surface area (Å²) in [6.07, 6.45) is 2.65. The zero-order valence-electron chi connectivity index (χ0n) is 27.2. The fraction of sp³-hybridized carbons (Fsp3) is 0.833. The third-order valence-electron chi connectivity index (χ3n) is 9.21. The summed E-state index contributed by atoms with van der Waals surface area (Å²) in [6.45, 7) is 8.46. The van der Waals surface area contributed by atoms with E-state index >= 15 is 0 Å². The van der Waals surface area contributed by atoms with E-state index in [-0.39, 0.29) is 55.1 Å². The first-order chi connectivity index (χ1) is 20.3. The maximum Gasteiger partial charge on any atom is 0.325 e. The summed E-state index contributed by atoms with van der Waals surface area (Å²) in [5, 5.41) is 8.55. The Morgan fingerprint density at radius 1 is 1.05 bits per heavy atom. The van der Waals surface area contributed by atoms with Gasteiger partial charge in [-0.05, 0) is 45.1 Å². The van der Waals surface area contributed by atoms with Gasteiger partial charge in [-0.1, -0.05) is 27.2 Å². The highest BCUT2D eigenvalue weighted by Crippen LogP contribution is 2.29. The van der Waals surface area contributed by atoms with Crippen LogP contribution in [0.1, 0.15) is 66.2 Å². The minimum atomic E-state index is -0.678. The van der Waals surface area contributed by atoms with Gasteiger partial charge in [0.15, 0.2) is 0 Å². The van der Waals surface area contributed by atoms with Gasteiger partial charge in [0, 0.05) is 27.8 Å².